The molecule has 1 atom stereocenters. The van der Waals surface area contributed by atoms with Crippen molar-refractivity contribution in [2.75, 3.05) is 18.4 Å². The van der Waals surface area contributed by atoms with Gasteiger partial charge >= 0.3 is 0 Å². The average molecular weight is 364 g/mol. The number of carbonyl (C=O) groups excluding carboxylic acids is 1. The second kappa shape index (κ2) is 7.44. The van der Waals surface area contributed by atoms with E-state index >= 15 is 0 Å². The van der Waals surface area contributed by atoms with Crippen LogP contribution in [0.25, 0.3) is 22.2 Å². The van der Waals surface area contributed by atoms with Gasteiger partial charge in [-0.1, -0.05) is 6.42 Å². The fourth-order valence-electron chi connectivity index (χ4n) is 3.50. The van der Waals surface area contributed by atoms with Crippen molar-refractivity contribution in [1.82, 2.24) is 24.6 Å². The third-order valence-corrected chi connectivity index (χ3v) is 5.14. The quantitative estimate of drug-likeness (QED) is 0.770. The van der Waals surface area contributed by atoms with Crippen LogP contribution in [-0.2, 0) is 11.8 Å². The summed E-state index contributed by atoms with van der Waals surface area (Å²) in [5.74, 6) is 0.513. The van der Waals surface area contributed by atoms with Crippen molar-refractivity contribution < 1.29 is 4.79 Å². The van der Waals surface area contributed by atoms with Crippen LogP contribution < -0.4 is 5.32 Å². The van der Waals surface area contributed by atoms with E-state index in [0.29, 0.717) is 5.82 Å². The summed E-state index contributed by atoms with van der Waals surface area (Å²) < 4.78 is 1.75. The van der Waals surface area contributed by atoms with Gasteiger partial charge in [0, 0.05) is 36.5 Å². The van der Waals surface area contributed by atoms with E-state index in [0.717, 1.165) is 48.1 Å². The highest BCUT2D eigenvalue weighted by molar-refractivity contribution is 5.95. The van der Waals surface area contributed by atoms with Crippen LogP contribution in [0.3, 0.4) is 0 Å². The van der Waals surface area contributed by atoms with Crippen LogP contribution in [0.1, 0.15) is 26.2 Å². The van der Waals surface area contributed by atoms with Gasteiger partial charge in [0.2, 0.25) is 5.91 Å². The first-order valence-electron chi connectivity index (χ1n) is 9.41. The maximum atomic E-state index is 12.6. The van der Waals surface area contributed by atoms with E-state index in [-0.39, 0.29) is 11.9 Å². The molecule has 0 aliphatic carbocycles. The molecule has 140 valence electrons. The number of rotatable bonds is 4. The standard InChI is InChI=1S/C20H24N6O/c1-14(26-8-4-3-5-9-26)20(27)24-19-10-18-15(11-21-19)6-7-17(23-18)16-12-22-25(2)13-16/h6-7,10-14H,3-5,8-9H2,1-2H3,(H,21,24,27). The van der Waals surface area contributed by atoms with Crippen molar-refractivity contribution in [1.29, 1.82) is 0 Å². The molecular weight excluding hydrogens is 340 g/mol. The van der Waals surface area contributed by atoms with Crippen LogP contribution >= 0.6 is 0 Å². The van der Waals surface area contributed by atoms with Crippen molar-refractivity contribution in [2.45, 2.75) is 32.2 Å². The number of aryl methyl sites for hydroxylation is 1. The molecule has 1 N–H and O–H groups in total. The number of anilines is 1. The first kappa shape index (κ1) is 17.6. The van der Waals surface area contributed by atoms with Gasteiger partial charge in [-0.05, 0) is 45.0 Å². The Hall–Kier alpha value is -2.80. The Morgan fingerprint density at radius 3 is 2.74 bits per heavy atom. The summed E-state index contributed by atoms with van der Waals surface area (Å²) in [6.45, 7) is 3.92. The Kier molecular flexibility index (Phi) is 4.85. The lowest BCUT2D eigenvalue weighted by atomic mass is 10.1. The predicted octanol–water partition coefficient (Wildman–Crippen LogP) is 2.84. The minimum absolute atomic E-state index is 0.0211. The average Bonchev–Trinajstić information content (AvgIpc) is 3.14. The summed E-state index contributed by atoms with van der Waals surface area (Å²) in [6, 6.07) is 5.62. The Morgan fingerprint density at radius 1 is 1.19 bits per heavy atom. The van der Waals surface area contributed by atoms with Gasteiger partial charge in [0.15, 0.2) is 0 Å². The summed E-state index contributed by atoms with van der Waals surface area (Å²) in [7, 11) is 1.88. The molecule has 0 bridgehead atoms. The van der Waals surface area contributed by atoms with Crippen LogP contribution in [0, 0.1) is 0 Å². The Labute approximate surface area is 158 Å². The molecule has 1 amide bonds. The molecule has 0 radical (unpaired) electrons. The number of amides is 1. The van der Waals surface area contributed by atoms with Crippen molar-refractivity contribution >= 4 is 22.6 Å². The number of hydrogen-bond acceptors (Lipinski definition) is 5. The molecule has 0 saturated carbocycles. The normalized spacial score (nSPS) is 16.4. The summed E-state index contributed by atoms with van der Waals surface area (Å²) >= 11 is 0. The van der Waals surface area contributed by atoms with Crippen LogP contribution in [0.5, 0.6) is 0 Å². The van der Waals surface area contributed by atoms with Gasteiger partial charge in [-0.15, -0.1) is 0 Å². The Balaban J connectivity index is 1.54. The number of nitrogens with zero attached hydrogens (tertiary/aromatic N) is 5. The molecule has 0 aromatic carbocycles. The molecular formula is C20H24N6O. The SMILES string of the molecule is CC(C(=O)Nc1cc2nc(-c3cnn(C)c3)ccc2cn1)N1CCCCC1. The minimum Gasteiger partial charge on any atom is -0.309 e. The smallest absolute Gasteiger partial charge is 0.242 e. The lowest BCUT2D eigenvalue weighted by Gasteiger charge is -2.31. The molecule has 3 aromatic heterocycles. The molecule has 1 saturated heterocycles. The third-order valence-electron chi connectivity index (χ3n) is 5.14. The Bertz CT molecular complexity index is 960. The van der Waals surface area contributed by atoms with E-state index in [1.54, 1.807) is 17.1 Å². The maximum absolute atomic E-state index is 12.6. The zero-order valence-corrected chi connectivity index (χ0v) is 15.7. The van der Waals surface area contributed by atoms with Crippen molar-refractivity contribution in [3.05, 3.63) is 36.8 Å². The highest BCUT2D eigenvalue weighted by Crippen LogP contribution is 2.22. The van der Waals surface area contributed by atoms with Crippen LogP contribution in [0.2, 0.25) is 0 Å². The lowest BCUT2D eigenvalue weighted by molar-refractivity contribution is -0.121. The molecule has 0 spiro atoms. The van der Waals surface area contributed by atoms with Gasteiger partial charge in [-0.3, -0.25) is 14.4 Å². The molecule has 1 aliphatic rings. The van der Waals surface area contributed by atoms with Gasteiger partial charge in [0.05, 0.1) is 23.4 Å². The van der Waals surface area contributed by atoms with Gasteiger partial charge in [0.25, 0.3) is 0 Å². The zero-order chi connectivity index (χ0) is 18.8. The fourth-order valence-corrected chi connectivity index (χ4v) is 3.50. The van der Waals surface area contributed by atoms with Gasteiger partial charge in [-0.25, -0.2) is 9.97 Å². The van der Waals surface area contributed by atoms with E-state index in [1.807, 2.05) is 38.4 Å². The van der Waals surface area contributed by atoms with E-state index in [2.05, 4.69) is 20.3 Å². The van der Waals surface area contributed by atoms with Gasteiger partial charge in [-0.2, -0.15) is 5.10 Å². The largest absolute Gasteiger partial charge is 0.309 e. The first-order chi connectivity index (χ1) is 13.1. The summed E-state index contributed by atoms with van der Waals surface area (Å²) in [5, 5.41) is 8.08. The summed E-state index contributed by atoms with van der Waals surface area (Å²) in [6.07, 6.45) is 9.04. The van der Waals surface area contributed by atoms with E-state index < -0.39 is 0 Å². The van der Waals surface area contributed by atoms with Crippen LogP contribution in [0.15, 0.2) is 36.8 Å². The number of fused-ring (bicyclic) bond motifs is 1. The summed E-state index contributed by atoms with van der Waals surface area (Å²) in [4.78, 5) is 23.9. The molecule has 3 aromatic rings. The molecule has 7 nitrogen and oxygen atoms in total. The number of likely N-dealkylation sites (tertiary alicyclic amines) is 1. The number of carbonyl (C=O) groups is 1. The number of piperidine rings is 1. The second-order valence-electron chi connectivity index (χ2n) is 7.12. The molecule has 1 aliphatic heterocycles. The van der Waals surface area contributed by atoms with E-state index in [9.17, 15) is 4.79 Å². The van der Waals surface area contributed by atoms with Crippen molar-refractivity contribution in [3.8, 4) is 11.3 Å². The van der Waals surface area contributed by atoms with Crippen molar-refractivity contribution in [3.63, 3.8) is 0 Å². The molecule has 4 heterocycles. The third kappa shape index (κ3) is 3.83. The monoisotopic (exact) mass is 364 g/mol. The van der Waals surface area contributed by atoms with Gasteiger partial charge < -0.3 is 5.32 Å². The van der Waals surface area contributed by atoms with E-state index in [4.69, 9.17) is 4.98 Å². The lowest BCUT2D eigenvalue weighted by Crippen LogP contribution is -2.44. The van der Waals surface area contributed by atoms with E-state index in [1.165, 1.54) is 6.42 Å². The van der Waals surface area contributed by atoms with Crippen molar-refractivity contribution in [2.24, 2.45) is 7.05 Å². The summed E-state index contributed by atoms with van der Waals surface area (Å²) in [5.41, 5.74) is 2.61. The molecule has 7 heteroatoms. The first-order valence-corrected chi connectivity index (χ1v) is 9.41. The predicted molar refractivity (Wildman–Crippen MR) is 105 cm³/mol. The number of aromatic nitrogens is 4. The highest BCUT2D eigenvalue weighted by atomic mass is 16.2. The zero-order valence-electron chi connectivity index (χ0n) is 15.7. The van der Waals surface area contributed by atoms with Gasteiger partial charge in [0.1, 0.15) is 5.82 Å². The molecule has 1 fully saturated rings. The highest BCUT2D eigenvalue weighted by Gasteiger charge is 2.23. The maximum Gasteiger partial charge on any atom is 0.242 e. The topological polar surface area (TPSA) is 75.9 Å². The fraction of sp³-hybridized carbons (Fsp3) is 0.400. The number of pyridine rings is 2. The number of hydrogen-bond donors (Lipinski definition) is 1. The molecule has 4 rings (SSSR count). The van der Waals surface area contributed by atoms with Crippen LogP contribution in [0.4, 0.5) is 5.82 Å². The molecule has 27 heavy (non-hydrogen) atoms. The Morgan fingerprint density at radius 2 is 2.00 bits per heavy atom. The number of nitrogens with one attached hydrogen (secondary N) is 1. The minimum atomic E-state index is -0.155. The van der Waals surface area contributed by atoms with Crippen LogP contribution in [-0.4, -0.2) is 49.7 Å². The molecule has 1 unspecified atom stereocenters. The second-order valence-corrected chi connectivity index (χ2v) is 7.12.